The molecule has 0 aliphatic rings. The van der Waals surface area contributed by atoms with E-state index in [1.807, 2.05) is 67.6 Å². The fourth-order valence-corrected chi connectivity index (χ4v) is 2.60. The summed E-state index contributed by atoms with van der Waals surface area (Å²) < 4.78 is 10.3. The van der Waals surface area contributed by atoms with Gasteiger partial charge in [0, 0.05) is 19.6 Å². The van der Waals surface area contributed by atoms with E-state index in [1.165, 1.54) is 0 Å². The molecule has 27 heavy (non-hydrogen) atoms. The third kappa shape index (κ3) is 7.50. The predicted molar refractivity (Wildman–Crippen MR) is 103 cm³/mol. The van der Waals surface area contributed by atoms with Crippen LogP contribution in [0.4, 0.5) is 4.79 Å². The van der Waals surface area contributed by atoms with Gasteiger partial charge >= 0.3 is 6.09 Å². The van der Waals surface area contributed by atoms with Crippen molar-refractivity contribution in [2.24, 2.45) is 0 Å². The van der Waals surface area contributed by atoms with Crippen molar-refractivity contribution in [1.29, 1.82) is 0 Å². The molecule has 0 saturated carbocycles. The maximum atomic E-state index is 12.6. The maximum absolute atomic E-state index is 12.6. The van der Waals surface area contributed by atoms with E-state index < -0.39 is 12.1 Å². The molecule has 0 fully saturated rings. The van der Waals surface area contributed by atoms with Crippen LogP contribution in [-0.2, 0) is 27.3 Å². The summed E-state index contributed by atoms with van der Waals surface area (Å²) in [5.74, 6) is -0.278. The summed E-state index contributed by atoms with van der Waals surface area (Å²) in [6, 6.07) is 18.0. The van der Waals surface area contributed by atoms with E-state index in [2.05, 4.69) is 10.6 Å². The van der Waals surface area contributed by atoms with E-state index in [0.29, 0.717) is 13.0 Å². The second-order valence-corrected chi connectivity index (χ2v) is 6.31. The molecule has 0 aliphatic heterocycles. The van der Waals surface area contributed by atoms with Crippen LogP contribution in [-0.4, -0.2) is 37.8 Å². The second kappa shape index (κ2) is 11.0. The number of carbonyl (C=O) groups is 2. The molecule has 144 valence electrons. The summed E-state index contributed by atoms with van der Waals surface area (Å²) in [5.41, 5.74) is 1.82. The van der Waals surface area contributed by atoms with E-state index >= 15 is 0 Å². The molecule has 0 spiro atoms. The second-order valence-electron chi connectivity index (χ2n) is 6.31. The molecule has 2 atom stereocenters. The van der Waals surface area contributed by atoms with Gasteiger partial charge in [0.25, 0.3) is 0 Å². The van der Waals surface area contributed by atoms with Crippen molar-refractivity contribution in [1.82, 2.24) is 10.6 Å². The van der Waals surface area contributed by atoms with E-state index in [-0.39, 0.29) is 18.6 Å². The highest BCUT2D eigenvalue weighted by Crippen LogP contribution is 2.06. The summed E-state index contributed by atoms with van der Waals surface area (Å²) in [4.78, 5) is 24.8. The number of nitrogens with one attached hydrogen (secondary N) is 2. The Morgan fingerprint density at radius 1 is 0.926 bits per heavy atom. The number of ether oxygens (including phenoxy) is 2. The van der Waals surface area contributed by atoms with Gasteiger partial charge in [-0.1, -0.05) is 60.7 Å². The molecule has 0 aliphatic carbocycles. The van der Waals surface area contributed by atoms with Crippen molar-refractivity contribution in [3.63, 3.8) is 0 Å². The van der Waals surface area contributed by atoms with E-state index in [4.69, 9.17) is 9.47 Å². The van der Waals surface area contributed by atoms with Gasteiger partial charge < -0.3 is 20.1 Å². The molecule has 0 aromatic heterocycles. The normalized spacial score (nSPS) is 12.7. The van der Waals surface area contributed by atoms with Gasteiger partial charge in [0.05, 0.1) is 6.61 Å². The number of methoxy groups -OCH3 is 1. The van der Waals surface area contributed by atoms with Gasteiger partial charge in [0.15, 0.2) is 0 Å². The Bertz CT molecular complexity index is 707. The molecule has 2 amide bonds. The van der Waals surface area contributed by atoms with E-state index in [1.54, 1.807) is 7.11 Å². The number of benzene rings is 2. The fourth-order valence-electron chi connectivity index (χ4n) is 2.60. The lowest BCUT2D eigenvalue weighted by Crippen LogP contribution is -2.51. The van der Waals surface area contributed by atoms with E-state index in [9.17, 15) is 9.59 Å². The molecule has 0 radical (unpaired) electrons. The quantitative estimate of drug-likeness (QED) is 0.712. The lowest BCUT2D eigenvalue weighted by atomic mass is 10.1. The van der Waals surface area contributed by atoms with Crippen LogP contribution < -0.4 is 10.6 Å². The number of hydrogen-bond donors (Lipinski definition) is 2. The summed E-state index contributed by atoms with van der Waals surface area (Å²) in [5, 5.41) is 5.52. The standard InChI is InChI=1S/C21H26N2O4/c1-16(14-26-2)22-20(24)19(13-17-9-5-3-6-10-17)23-21(25)27-15-18-11-7-4-8-12-18/h3-12,16,19H,13-15H2,1-2H3,(H,22,24)(H,23,25). The zero-order chi connectivity index (χ0) is 19.5. The largest absolute Gasteiger partial charge is 0.445 e. The van der Waals surface area contributed by atoms with Gasteiger partial charge in [0.2, 0.25) is 5.91 Å². The topological polar surface area (TPSA) is 76.7 Å². The third-order valence-electron chi connectivity index (χ3n) is 3.91. The van der Waals surface area contributed by atoms with Gasteiger partial charge in [-0.25, -0.2) is 4.79 Å². The highest BCUT2D eigenvalue weighted by molar-refractivity contribution is 5.86. The Kier molecular flexibility index (Phi) is 8.32. The first-order valence-corrected chi connectivity index (χ1v) is 8.89. The van der Waals surface area contributed by atoms with Crippen LogP contribution in [0.2, 0.25) is 0 Å². The summed E-state index contributed by atoms with van der Waals surface area (Å²) in [7, 11) is 1.57. The SMILES string of the molecule is COCC(C)NC(=O)C(Cc1ccccc1)NC(=O)OCc1ccccc1. The monoisotopic (exact) mass is 370 g/mol. The van der Waals surface area contributed by atoms with Crippen LogP contribution in [0.3, 0.4) is 0 Å². The van der Waals surface area contributed by atoms with Crippen molar-refractivity contribution < 1.29 is 19.1 Å². The first-order chi connectivity index (χ1) is 13.1. The first-order valence-electron chi connectivity index (χ1n) is 8.89. The molecule has 0 saturated heterocycles. The zero-order valence-corrected chi connectivity index (χ0v) is 15.7. The van der Waals surface area contributed by atoms with Crippen LogP contribution in [0.15, 0.2) is 60.7 Å². The number of amides is 2. The first kappa shape index (κ1) is 20.5. The van der Waals surface area contributed by atoms with Crippen molar-refractivity contribution in [3.8, 4) is 0 Å². The molecule has 6 nitrogen and oxygen atoms in total. The highest BCUT2D eigenvalue weighted by atomic mass is 16.5. The Labute approximate surface area is 159 Å². The average Bonchev–Trinajstić information content (AvgIpc) is 2.67. The predicted octanol–water partition coefficient (Wildman–Crippen LogP) is 2.68. The molecule has 2 N–H and O–H groups in total. The smallest absolute Gasteiger partial charge is 0.408 e. The van der Waals surface area contributed by atoms with Gasteiger partial charge in [-0.15, -0.1) is 0 Å². The minimum atomic E-state index is -0.741. The van der Waals surface area contributed by atoms with Crippen LogP contribution >= 0.6 is 0 Å². The minimum Gasteiger partial charge on any atom is -0.445 e. The lowest BCUT2D eigenvalue weighted by Gasteiger charge is -2.21. The Balaban J connectivity index is 1.97. The van der Waals surface area contributed by atoms with Crippen molar-refractivity contribution in [2.75, 3.05) is 13.7 Å². The molecule has 6 heteroatoms. The minimum absolute atomic E-state index is 0.145. The molecule has 0 bridgehead atoms. The molecular formula is C21H26N2O4. The number of rotatable bonds is 9. The van der Waals surface area contributed by atoms with Gasteiger partial charge in [-0.2, -0.15) is 0 Å². The number of alkyl carbamates (subject to hydrolysis) is 1. The third-order valence-corrected chi connectivity index (χ3v) is 3.91. The van der Waals surface area contributed by atoms with Crippen molar-refractivity contribution in [2.45, 2.75) is 32.0 Å². The average molecular weight is 370 g/mol. The molecule has 0 heterocycles. The molecule has 2 aromatic rings. The molecule has 2 rings (SSSR count). The lowest BCUT2D eigenvalue weighted by molar-refractivity contribution is -0.124. The van der Waals surface area contributed by atoms with Crippen LogP contribution in [0.1, 0.15) is 18.1 Å². The Morgan fingerprint density at radius 3 is 2.11 bits per heavy atom. The van der Waals surface area contributed by atoms with Gasteiger partial charge in [-0.05, 0) is 18.1 Å². The van der Waals surface area contributed by atoms with Gasteiger partial charge in [-0.3, -0.25) is 4.79 Å². The van der Waals surface area contributed by atoms with Crippen molar-refractivity contribution >= 4 is 12.0 Å². The fraction of sp³-hybridized carbons (Fsp3) is 0.333. The van der Waals surface area contributed by atoms with Crippen LogP contribution in [0.5, 0.6) is 0 Å². The zero-order valence-electron chi connectivity index (χ0n) is 15.7. The molecule has 2 unspecified atom stereocenters. The van der Waals surface area contributed by atoms with Crippen molar-refractivity contribution in [3.05, 3.63) is 71.8 Å². The summed E-state index contributed by atoms with van der Waals surface area (Å²) >= 11 is 0. The van der Waals surface area contributed by atoms with Gasteiger partial charge in [0.1, 0.15) is 12.6 Å². The molecule has 2 aromatic carbocycles. The summed E-state index contributed by atoms with van der Waals surface area (Å²) in [6.07, 6.45) is -0.262. The summed E-state index contributed by atoms with van der Waals surface area (Å²) in [6.45, 7) is 2.38. The van der Waals surface area contributed by atoms with Crippen LogP contribution in [0.25, 0.3) is 0 Å². The Hall–Kier alpha value is -2.86. The Morgan fingerprint density at radius 2 is 1.52 bits per heavy atom. The number of hydrogen-bond acceptors (Lipinski definition) is 4. The highest BCUT2D eigenvalue weighted by Gasteiger charge is 2.23. The van der Waals surface area contributed by atoms with E-state index in [0.717, 1.165) is 11.1 Å². The molecular weight excluding hydrogens is 344 g/mol. The maximum Gasteiger partial charge on any atom is 0.408 e. The van der Waals surface area contributed by atoms with Crippen LogP contribution in [0, 0.1) is 0 Å². The number of carbonyl (C=O) groups excluding carboxylic acids is 2.